The second-order valence-corrected chi connectivity index (χ2v) is 6.39. The van der Waals surface area contributed by atoms with E-state index in [4.69, 9.17) is 19.9 Å². The van der Waals surface area contributed by atoms with Gasteiger partial charge in [0.2, 0.25) is 6.23 Å². The topological polar surface area (TPSA) is 106 Å². The summed E-state index contributed by atoms with van der Waals surface area (Å²) < 4.78 is 43.7. The Bertz CT molecular complexity index is 671. The van der Waals surface area contributed by atoms with E-state index in [1.807, 2.05) is 0 Å². The molecular weight excluding hydrogens is 328 g/mol. The van der Waals surface area contributed by atoms with Crippen LogP contribution in [-0.2, 0) is 14.2 Å². The Morgan fingerprint density at radius 1 is 1.54 bits per heavy atom. The van der Waals surface area contributed by atoms with Crippen LogP contribution < -0.4 is 11.4 Å². The van der Waals surface area contributed by atoms with Crippen LogP contribution in [-0.4, -0.2) is 39.9 Å². The number of ether oxygens (including phenoxy) is 3. The third-order valence-corrected chi connectivity index (χ3v) is 3.06. The van der Waals surface area contributed by atoms with Gasteiger partial charge in [-0.1, -0.05) is 0 Å². The van der Waals surface area contributed by atoms with E-state index in [9.17, 15) is 18.4 Å². The fourth-order valence-corrected chi connectivity index (χ4v) is 2.15. The van der Waals surface area contributed by atoms with Gasteiger partial charge in [0, 0.05) is 12.6 Å². The molecule has 24 heavy (non-hydrogen) atoms. The lowest BCUT2D eigenvalue weighted by Gasteiger charge is -2.20. The largest absolute Gasteiger partial charge is 0.508 e. The minimum Gasteiger partial charge on any atom is -0.432 e. The maximum atomic E-state index is 14.1. The molecule has 10 heteroatoms. The van der Waals surface area contributed by atoms with Crippen LogP contribution in [0.5, 0.6) is 0 Å². The van der Waals surface area contributed by atoms with Crippen molar-refractivity contribution in [1.82, 2.24) is 9.55 Å². The fourth-order valence-electron chi connectivity index (χ4n) is 2.15. The Morgan fingerprint density at radius 3 is 2.79 bits per heavy atom. The maximum absolute atomic E-state index is 14.1. The first-order valence-electron chi connectivity index (χ1n) is 7.22. The van der Waals surface area contributed by atoms with E-state index in [0.717, 1.165) is 6.20 Å². The molecule has 0 radical (unpaired) electrons. The average Bonchev–Trinajstić information content (AvgIpc) is 2.70. The molecule has 2 atom stereocenters. The molecule has 1 fully saturated rings. The van der Waals surface area contributed by atoms with Crippen LogP contribution in [0.2, 0.25) is 0 Å². The molecular formula is C14H19F2N3O5. The van der Waals surface area contributed by atoms with Gasteiger partial charge in [-0.15, -0.1) is 0 Å². The van der Waals surface area contributed by atoms with E-state index >= 15 is 0 Å². The predicted molar refractivity (Wildman–Crippen MR) is 78.6 cm³/mol. The van der Waals surface area contributed by atoms with Crippen molar-refractivity contribution in [2.24, 2.45) is 0 Å². The number of aromatic nitrogens is 2. The Kier molecular flexibility index (Phi) is 4.79. The quantitative estimate of drug-likeness (QED) is 0.830. The Hall–Kier alpha value is -2.23. The van der Waals surface area contributed by atoms with E-state index in [2.05, 4.69) is 4.98 Å². The highest BCUT2D eigenvalue weighted by molar-refractivity contribution is 5.60. The molecule has 0 spiro atoms. The highest BCUT2D eigenvalue weighted by Crippen LogP contribution is 2.41. The lowest BCUT2D eigenvalue weighted by Crippen LogP contribution is -2.35. The number of rotatable bonds is 3. The zero-order chi connectivity index (χ0) is 18.1. The number of carbonyl (C=O) groups is 1. The second kappa shape index (κ2) is 6.34. The first kappa shape index (κ1) is 18.1. The number of nitrogen functional groups attached to an aromatic ring is 1. The van der Waals surface area contributed by atoms with Gasteiger partial charge in [0.1, 0.15) is 24.1 Å². The van der Waals surface area contributed by atoms with Gasteiger partial charge in [-0.3, -0.25) is 4.57 Å². The molecule has 1 aliphatic rings. The zero-order valence-electron chi connectivity index (χ0n) is 13.5. The van der Waals surface area contributed by atoms with Crippen molar-refractivity contribution in [3.8, 4) is 0 Å². The molecule has 0 bridgehead atoms. The number of hydrogen-bond acceptors (Lipinski definition) is 7. The number of halogens is 2. The van der Waals surface area contributed by atoms with Crippen molar-refractivity contribution in [1.29, 1.82) is 0 Å². The first-order chi connectivity index (χ1) is 11.0. The van der Waals surface area contributed by atoms with Crippen molar-refractivity contribution in [2.45, 2.75) is 51.0 Å². The molecule has 2 rings (SSSR count). The third kappa shape index (κ3) is 4.40. The molecule has 2 heterocycles. The highest BCUT2D eigenvalue weighted by Gasteiger charge is 2.52. The lowest BCUT2D eigenvalue weighted by atomic mass is 10.2. The molecule has 0 unspecified atom stereocenters. The van der Waals surface area contributed by atoms with Gasteiger partial charge >= 0.3 is 11.8 Å². The maximum Gasteiger partial charge on any atom is 0.508 e. The standard InChI is InChI=1S/C14H19F2N3O5/c1-13(2,3)24-12(21)22-7-8-6-14(15,16)10(23-8)19-5-4-9(17)18-11(19)20/h4-5,8,10H,6-7H2,1-3H3,(H2,17,18,20)/t8-,10+/m1/s1. The Morgan fingerprint density at radius 2 is 2.21 bits per heavy atom. The van der Waals surface area contributed by atoms with Gasteiger partial charge in [0.05, 0.1) is 0 Å². The number of nitrogens with zero attached hydrogens (tertiary/aromatic N) is 2. The van der Waals surface area contributed by atoms with Gasteiger partial charge in [-0.05, 0) is 26.8 Å². The van der Waals surface area contributed by atoms with Crippen molar-refractivity contribution >= 4 is 12.0 Å². The summed E-state index contributed by atoms with van der Waals surface area (Å²) in [6, 6.07) is 1.21. The molecule has 0 saturated carbocycles. The van der Waals surface area contributed by atoms with Crippen molar-refractivity contribution in [3.63, 3.8) is 0 Å². The van der Waals surface area contributed by atoms with E-state index in [0.29, 0.717) is 4.57 Å². The smallest absolute Gasteiger partial charge is 0.432 e. The van der Waals surface area contributed by atoms with Gasteiger partial charge in [-0.25, -0.2) is 18.4 Å². The van der Waals surface area contributed by atoms with Crippen LogP contribution >= 0.6 is 0 Å². The highest BCUT2D eigenvalue weighted by atomic mass is 19.3. The van der Waals surface area contributed by atoms with E-state index in [1.54, 1.807) is 20.8 Å². The van der Waals surface area contributed by atoms with Crippen LogP contribution in [0.4, 0.5) is 19.4 Å². The molecule has 0 aromatic carbocycles. The Balaban J connectivity index is 2.02. The summed E-state index contributed by atoms with van der Waals surface area (Å²) >= 11 is 0. The van der Waals surface area contributed by atoms with Crippen molar-refractivity contribution in [3.05, 3.63) is 22.7 Å². The van der Waals surface area contributed by atoms with E-state index in [-0.39, 0.29) is 5.82 Å². The SMILES string of the molecule is CC(C)(C)OC(=O)OC[C@H]1CC(F)(F)[C@@H](n2ccc(N)nc2=O)O1. The summed E-state index contributed by atoms with van der Waals surface area (Å²) in [5.41, 5.74) is 3.62. The number of anilines is 1. The molecule has 2 N–H and O–H groups in total. The first-order valence-corrected chi connectivity index (χ1v) is 7.22. The number of nitrogens with two attached hydrogens (primary N) is 1. The third-order valence-electron chi connectivity index (χ3n) is 3.06. The van der Waals surface area contributed by atoms with Gasteiger partial charge in [-0.2, -0.15) is 4.98 Å². The van der Waals surface area contributed by atoms with Crippen LogP contribution in [0.25, 0.3) is 0 Å². The summed E-state index contributed by atoms with van der Waals surface area (Å²) in [5, 5.41) is 0. The molecule has 1 aromatic rings. The van der Waals surface area contributed by atoms with E-state index < -0.39 is 48.7 Å². The van der Waals surface area contributed by atoms with E-state index in [1.165, 1.54) is 6.07 Å². The number of alkyl halides is 2. The van der Waals surface area contributed by atoms with Crippen LogP contribution in [0, 0.1) is 0 Å². The van der Waals surface area contributed by atoms with Crippen LogP contribution in [0.1, 0.15) is 33.4 Å². The summed E-state index contributed by atoms with van der Waals surface area (Å²) in [6.07, 6.45) is -3.53. The fraction of sp³-hybridized carbons (Fsp3) is 0.643. The monoisotopic (exact) mass is 347 g/mol. The molecule has 0 aliphatic carbocycles. The van der Waals surface area contributed by atoms with Crippen LogP contribution in [0.3, 0.4) is 0 Å². The molecule has 1 aliphatic heterocycles. The minimum absolute atomic E-state index is 0.0811. The summed E-state index contributed by atoms with van der Waals surface area (Å²) in [5.74, 6) is -3.41. The average molecular weight is 347 g/mol. The normalized spacial score (nSPS) is 23.0. The van der Waals surface area contributed by atoms with Crippen LogP contribution in [0.15, 0.2) is 17.1 Å². The van der Waals surface area contributed by atoms with Gasteiger partial charge in [0.25, 0.3) is 5.92 Å². The predicted octanol–water partition coefficient (Wildman–Crippen LogP) is 1.70. The summed E-state index contributed by atoms with van der Waals surface area (Å²) in [7, 11) is 0. The lowest BCUT2D eigenvalue weighted by molar-refractivity contribution is -0.122. The van der Waals surface area contributed by atoms with Gasteiger partial charge in [0.15, 0.2) is 0 Å². The Labute approximate surface area is 136 Å². The summed E-state index contributed by atoms with van der Waals surface area (Å²) in [4.78, 5) is 26.5. The molecule has 134 valence electrons. The number of carbonyl (C=O) groups excluding carboxylic acids is 1. The molecule has 1 saturated heterocycles. The zero-order valence-corrected chi connectivity index (χ0v) is 13.5. The van der Waals surface area contributed by atoms with Crippen molar-refractivity contribution in [2.75, 3.05) is 12.3 Å². The molecule has 8 nitrogen and oxygen atoms in total. The number of hydrogen-bond donors (Lipinski definition) is 1. The minimum atomic E-state index is -3.33. The van der Waals surface area contributed by atoms with Crippen molar-refractivity contribution < 1.29 is 27.8 Å². The summed E-state index contributed by atoms with van der Waals surface area (Å²) in [6.45, 7) is 4.51. The second-order valence-electron chi connectivity index (χ2n) is 6.39. The molecule has 0 amide bonds. The van der Waals surface area contributed by atoms with Gasteiger partial charge < -0.3 is 19.9 Å². The molecule has 1 aromatic heterocycles.